The number of aromatic nitrogens is 1. The Labute approximate surface area is 101 Å². The van der Waals surface area contributed by atoms with Gasteiger partial charge in [-0.1, -0.05) is 0 Å². The number of halogens is 2. The maximum Gasteiger partial charge on any atom is 0.173 e. The quantitative estimate of drug-likeness (QED) is 0.903. The van der Waals surface area contributed by atoms with Crippen molar-refractivity contribution in [3.8, 4) is 0 Å². The predicted octanol–water partition coefficient (Wildman–Crippen LogP) is 1.71. The summed E-state index contributed by atoms with van der Waals surface area (Å²) in [6.45, 7) is 0. The molecule has 1 atom stereocenters. The second kappa shape index (κ2) is 4.14. The maximum atomic E-state index is 13.4. The molecule has 16 heavy (non-hydrogen) atoms. The van der Waals surface area contributed by atoms with E-state index >= 15 is 0 Å². The first-order valence-corrected chi connectivity index (χ1v) is 6.96. The van der Waals surface area contributed by atoms with E-state index in [0.717, 1.165) is 5.41 Å². The Hall–Kier alpha value is -0.950. The molecule has 86 valence electrons. The summed E-state index contributed by atoms with van der Waals surface area (Å²) in [6.07, 6.45) is 2.93. The molecule has 0 saturated heterocycles. The lowest BCUT2D eigenvalue weighted by Gasteiger charge is -2.11. The summed E-state index contributed by atoms with van der Waals surface area (Å²) in [5.41, 5.74) is 0. The van der Waals surface area contributed by atoms with Crippen LogP contribution < -0.4 is 5.32 Å². The third-order valence-corrected chi connectivity index (χ3v) is 3.89. The number of sulfone groups is 1. The molecule has 2 heterocycles. The van der Waals surface area contributed by atoms with Gasteiger partial charge in [0.1, 0.15) is 0 Å². The van der Waals surface area contributed by atoms with Gasteiger partial charge in [-0.15, -0.1) is 0 Å². The van der Waals surface area contributed by atoms with E-state index in [1.54, 1.807) is 0 Å². The second-order valence-corrected chi connectivity index (χ2v) is 6.24. The lowest BCUT2D eigenvalue weighted by Crippen LogP contribution is -2.22. The van der Waals surface area contributed by atoms with Crippen molar-refractivity contribution >= 4 is 31.6 Å². The molecule has 0 bridgehead atoms. The van der Waals surface area contributed by atoms with Crippen molar-refractivity contribution in [2.45, 2.75) is 6.04 Å². The van der Waals surface area contributed by atoms with Crippen LogP contribution in [0.1, 0.15) is 0 Å². The Bertz CT molecular complexity index is 544. The Morgan fingerprint density at radius 1 is 1.56 bits per heavy atom. The van der Waals surface area contributed by atoms with E-state index in [4.69, 9.17) is 0 Å². The smallest absolute Gasteiger partial charge is 0.173 e. The van der Waals surface area contributed by atoms with E-state index in [1.165, 1.54) is 18.3 Å². The molecular weight excluding hydrogens is 299 g/mol. The lowest BCUT2D eigenvalue weighted by molar-refractivity contribution is 0.604. The van der Waals surface area contributed by atoms with Gasteiger partial charge < -0.3 is 5.32 Å². The molecule has 1 aliphatic rings. The molecule has 1 aromatic rings. The molecule has 0 aliphatic carbocycles. The average molecular weight is 307 g/mol. The summed E-state index contributed by atoms with van der Waals surface area (Å²) in [5.74, 6) is -0.536. The zero-order chi connectivity index (χ0) is 11.8. The first-order valence-electron chi connectivity index (χ1n) is 4.45. The summed E-state index contributed by atoms with van der Waals surface area (Å²) >= 11 is 3.09. The molecule has 0 saturated carbocycles. The van der Waals surface area contributed by atoms with Crippen molar-refractivity contribution in [1.82, 2.24) is 4.98 Å². The summed E-state index contributed by atoms with van der Waals surface area (Å²) < 4.78 is 36.1. The van der Waals surface area contributed by atoms with Gasteiger partial charge >= 0.3 is 0 Å². The largest absolute Gasteiger partial charge is 0.360 e. The summed E-state index contributed by atoms with van der Waals surface area (Å²) in [6, 6.07) is 0.843. The van der Waals surface area contributed by atoms with Crippen LogP contribution in [-0.2, 0) is 9.84 Å². The monoisotopic (exact) mass is 306 g/mol. The van der Waals surface area contributed by atoms with Crippen LogP contribution in [0.5, 0.6) is 0 Å². The highest BCUT2D eigenvalue weighted by molar-refractivity contribution is 9.10. The molecule has 1 aliphatic heterocycles. The number of nitrogens with one attached hydrogen (secondary N) is 1. The number of hydrogen-bond acceptors (Lipinski definition) is 4. The van der Waals surface area contributed by atoms with Crippen LogP contribution in [0.2, 0.25) is 0 Å². The minimum absolute atomic E-state index is 0.0509. The molecule has 0 radical (unpaired) electrons. The number of rotatable bonds is 2. The van der Waals surface area contributed by atoms with Gasteiger partial charge in [0, 0.05) is 16.1 Å². The SMILES string of the molecule is O=S1(=O)C=CC(Nc2ncc(Br)cc2F)C1. The fourth-order valence-corrected chi connectivity index (χ4v) is 2.90. The molecule has 2 rings (SSSR count). The third kappa shape index (κ3) is 2.59. The van der Waals surface area contributed by atoms with E-state index in [2.05, 4.69) is 26.2 Å². The van der Waals surface area contributed by atoms with Gasteiger partial charge in [0.05, 0.1) is 11.8 Å². The Morgan fingerprint density at radius 3 is 2.88 bits per heavy atom. The number of nitrogens with zero attached hydrogens (tertiary/aromatic N) is 1. The zero-order valence-corrected chi connectivity index (χ0v) is 10.4. The molecule has 7 heteroatoms. The van der Waals surface area contributed by atoms with E-state index in [1.807, 2.05) is 0 Å². The van der Waals surface area contributed by atoms with Gasteiger partial charge in [-0.3, -0.25) is 0 Å². The van der Waals surface area contributed by atoms with E-state index in [-0.39, 0.29) is 11.6 Å². The van der Waals surface area contributed by atoms with Crippen LogP contribution >= 0.6 is 15.9 Å². The fourth-order valence-electron chi connectivity index (χ4n) is 1.36. The molecule has 1 N–H and O–H groups in total. The molecule has 0 aromatic carbocycles. The summed E-state index contributed by atoms with van der Waals surface area (Å²) in [7, 11) is -3.14. The van der Waals surface area contributed by atoms with Crippen molar-refractivity contribution < 1.29 is 12.8 Å². The predicted molar refractivity (Wildman–Crippen MR) is 62.2 cm³/mol. The first kappa shape index (κ1) is 11.5. The van der Waals surface area contributed by atoms with Gasteiger partial charge in [-0.25, -0.2) is 17.8 Å². The van der Waals surface area contributed by atoms with Crippen molar-refractivity contribution in [3.05, 3.63) is 34.0 Å². The fraction of sp³-hybridized carbons (Fsp3) is 0.222. The number of hydrogen-bond donors (Lipinski definition) is 1. The molecule has 0 amide bonds. The number of pyridine rings is 1. The highest BCUT2D eigenvalue weighted by Crippen LogP contribution is 2.19. The van der Waals surface area contributed by atoms with Crippen molar-refractivity contribution in [3.63, 3.8) is 0 Å². The number of anilines is 1. The van der Waals surface area contributed by atoms with Crippen LogP contribution in [0.3, 0.4) is 0 Å². The normalized spacial score (nSPS) is 22.2. The second-order valence-electron chi connectivity index (χ2n) is 3.39. The molecule has 0 spiro atoms. The van der Waals surface area contributed by atoms with Gasteiger partial charge in [-0.05, 0) is 28.1 Å². The van der Waals surface area contributed by atoms with Crippen LogP contribution in [-0.4, -0.2) is 25.2 Å². The standard InChI is InChI=1S/C9H8BrFN2O2S/c10-6-3-8(11)9(12-4-6)13-7-1-2-16(14,15)5-7/h1-4,7H,5H2,(H,12,13). The van der Waals surface area contributed by atoms with Crippen LogP contribution in [0, 0.1) is 5.82 Å². The highest BCUT2D eigenvalue weighted by Gasteiger charge is 2.22. The van der Waals surface area contributed by atoms with E-state index < -0.39 is 21.7 Å². The van der Waals surface area contributed by atoms with Gasteiger partial charge in [0.15, 0.2) is 21.5 Å². The van der Waals surface area contributed by atoms with Crippen LogP contribution in [0.15, 0.2) is 28.2 Å². The first-order chi connectivity index (χ1) is 7.46. The molecule has 1 unspecified atom stereocenters. The molecular formula is C9H8BrFN2O2S. The lowest BCUT2D eigenvalue weighted by atomic mass is 10.3. The summed E-state index contributed by atoms with van der Waals surface area (Å²) in [5, 5.41) is 3.85. The van der Waals surface area contributed by atoms with Gasteiger partial charge in [-0.2, -0.15) is 0 Å². The van der Waals surface area contributed by atoms with Gasteiger partial charge in [0.2, 0.25) is 0 Å². The van der Waals surface area contributed by atoms with E-state index in [0.29, 0.717) is 4.47 Å². The average Bonchev–Trinajstić information content (AvgIpc) is 2.51. The maximum absolute atomic E-state index is 13.4. The van der Waals surface area contributed by atoms with Crippen molar-refractivity contribution in [2.24, 2.45) is 0 Å². The van der Waals surface area contributed by atoms with Crippen molar-refractivity contribution in [1.29, 1.82) is 0 Å². The van der Waals surface area contributed by atoms with Crippen LogP contribution in [0.4, 0.5) is 10.2 Å². The van der Waals surface area contributed by atoms with Crippen LogP contribution in [0.25, 0.3) is 0 Å². The molecule has 0 fully saturated rings. The zero-order valence-electron chi connectivity index (χ0n) is 8.02. The molecule has 4 nitrogen and oxygen atoms in total. The Kier molecular flexibility index (Phi) is 2.98. The molecule has 1 aromatic heterocycles. The highest BCUT2D eigenvalue weighted by atomic mass is 79.9. The Balaban J connectivity index is 2.14. The Morgan fingerprint density at radius 2 is 2.31 bits per heavy atom. The van der Waals surface area contributed by atoms with Crippen molar-refractivity contribution in [2.75, 3.05) is 11.1 Å². The topological polar surface area (TPSA) is 59.1 Å². The third-order valence-electron chi connectivity index (χ3n) is 2.06. The minimum Gasteiger partial charge on any atom is -0.360 e. The summed E-state index contributed by atoms with van der Waals surface area (Å²) in [4.78, 5) is 3.83. The van der Waals surface area contributed by atoms with E-state index in [9.17, 15) is 12.8 Å². The minimum atomic E-state index is -3.14. The van der Waals surface area contributed by atoms with Gasteiger partial charge in [0.25, 0.3) is 0 Å².